The number of nitrogen functional groups attached to an aromatic ring is 1. The Morgan fingerprint density at radius 3 is 2.86 bits per heavy atom. The summed E-state index contributed by atoms with van der Waals surface area (Å²) in [7, 11) is 1.44. The van der Waals surface area contributed by atoms with Gasteiger partial charge in [0.25, 0.3) is 0 Å². The lowest BCUT2D eigenvalue weighted by Crippen LogP contribution is -2.14. The molecular formula is C15H20FN3O2. The van der Waals surface area contributed by atoms with E-state index < -0.39 is 5.82 Å². The van der Waals surface area contributed by atoms with Crippen molar-refractivity contribution in [3.8, 4) is 5.75 Å². The number of imidazole rings is 1. The van der Waals surface area contributed by atoms with Crippen molar-refractivity contribution in [3.63, 3.8) is 0 Å². The van der Waals surface area contributed by atoms with E-state index in [1.54, 1.807) is 6.07 Å². The summed E-state index contributed by atoms with van der Waals surface area (Å²) in [5.74, 6) is 0.130. The van der Waals surface area contributed by atoms with Gasteiger partial charge >= 0.3 is 0 Å². The topological polar surface area (TPSA) is 62.3 Å². The van der Waals surface area contributed by atoms with E-state index in [1.807, 2.05) is 4.57 Å². The number of benzene rings is 1. The fraction of sp³-hybridized carbons (Fsp3) is 0.533. The van der Waals surface area contributed by atoms with E-state index in [0.717, 1.165) is 18.4 Å². The van der Waals surface area contributed by atoms with Crippen molar-refractivity contribution in [2.24, 2.45) is 0 Å². The molecule has 21 heavy (non-hydrogen) atoms. The SMILES string of the molecule is COc1cc2c(cc1F)nc(N)n2CCOC1CCCC1. The fourth-order valence-electron chi connectivity index (χ4n) is 2.90. The first-order valence-electron chi connectivity index (χ1n) is 7.30. The van der Waals surface area contributed by atoms with Crippen molar-refractivity contribution in [2.45, 2.75) is 38.3 Å². The van der Waals surface area contributed by atoms with Crippen molar-refractivity contribution in [2.75, 3.05) is 19.5 Å². The normalized spacial score (nSPS) is 15.9. The van der Waals surface area contributed by atoms with Gasteiger partial charge in [-0.25, -0.2) is 9.37 Å². The predicted octanol–water partition coefficient (Wildman–Crippen LogP) is 2.73. The first-order chi connectivity index (χ1) is 10.2. The zero-order valence-electron chi connectivity index (χ0n) is 12.1. The van der Waals surface area contributed by atoms with Crippen LogP contribution in [-0.2, 0) is 11.3 Å². The summed E-state index contributed by atoms with van der Waals surface area (Å²) in [5.41, 5.74) is 7.22. The number of hydrogen-bond acceptors (Lipinski definition) is 4. The number of nitrogens with two attached hydrogens (primary N) is 1. The van der Waals surface area contributed by atoms with E-state index in [-0.39, 0.29) is 5.75 Å². The van der Waals surface area contributed by atoms with Gasteiger partial charge in [-0.1, -0.05) is 12.8 Å². The number of aromatic nitrogens is 2. The highest BCUT2D eigenvalue weighted by molar-refractivity contribution is 5.80. The first-order valence-corrected chi connectivity index (χ1v) is 7.30. The number of halogens is 1. The monoisotopic (exact) mass is 293 g/mol. The smallest absolute Gasteiger partial charge is 0.201 e. The van der Waals surface area contributed by atoms with Crippen LogP contribution in [0.4, 0.5) is 10.3 Å². The third kappa shape index (κ3) is 2.81. The lowest BCUT2D eigenvalue weighted by Gasteiger charge is -2.12. The van der Waals surface area contributed by atoms with Gasteiger partial charge in [0.1, 0.15) is 0 Å². The second-order valence-electron chi connectivity index (χ2n) is 5.37. The van der Waals surface area contributed by atoms with E-state index in [4.69, 9.17) is 15.2 Å². The number of hydrogen-bond donors (Lipinski definition) is 1. The zero-order chi connectivity index (χ0) is 14.8. The number of nitrogens with zero attached hydrogens (tertiary/aromatic N) is 2. The second kappa shape index (κ2) is 5.89. The molecule has 1 aliphatic carbocycles. The first kappa shape index (κ1) is 14.1. The van der Waals surface area contributed by atoms with Gasteiger partial charge in [0.15, 0.2) is 11.6 Å². The standard InChI is InChI=1S/C15H20FN3O2/c1-20-14-9-13-12(8-11(14)16)18-15(17)19(13)6-7-21-10-4-2-3-5-10/h8-10H,2-7H2,1H3,(H2,17,18). The van der Waals surface area contributed by atoms with Gasteiger partial charge in [-0.3, -0.25) is 0 Å². The average Bonchev–Trinajstić information content (AvgIpc) is 3.07. The molecule has 1 aromatic heterocycles. The average molecular weight is 293 g/mol. The van der Waals surface area contributed by atoms with Gasteiger partial charge in [-0.2, -0.15) is 0 Å². The molecule has 1 aliphatic rings. The number of fused-ring (bicyclic) bond motifs is 1. The van der Waals surface area contributed by atoms with Crippen LogP contribution in [0.25, 0.3) is 11.0 Å². The third-order valence-corrected chi connectivity index (χ3v) is 4.02. The lowest BCUT2D eigenvalue weighted by molar-refractivity contribution is 0.0537. The second-order valence-corrected chi connectivity index (χ2v) is 5.37. The number of methoxy groups -OCH3 is 1. The van der Waals surface area contributed by atoms with Crippen LogP contribution in [0.1, 0.15) is 25.7 Å². The number of ether oxygens (including phenoxy) is 2. The van der Waals surface area contributed by atoms with Gasteiger partial charge < -0.3 is 19.8 Å². The maximum atomic E-state index is 13.7. The molecule has 0 bridgehead atoms. The lowest BCUT2D eigenvalue weighted by atomic mass is 10.3. The van der Waals surface area contributed by atoms with Crippen LogP contribution in [0.3, 0.4) is 0 Å². The highest BCUT2D eigenvalue weighted by Gasteiger charge is 2.16. The maximum absolute atomic E-state index is 13.7. The number of anilines is 1. The molecule has 0 atom stereocenters. The highest BCUT2D eigenvalue weighted by Crippen LogP contribution is 2.26. The Kier molecular flexibility index (Phi) is 3.96. The summed E-state index contributed by atoms with van der Waals surface area (Å²) in [5, 5.41) is 0. The van der Waals surface area contributed by atoms with Gasteiger partial charge in [0.05, 0.1) is 30.9 Å². The van der Waals surface area contributed by atoms with Crippen LogP contribution < -0.4 is 10.5 Å². The summed E-state index contributed by atoms with van der Waals surface area (Å²) >= 11 is 0. The van der Waals surface area contributed by atoms with Gasteiger partial charge in [-0.15, -0.1) is 0 Å². The molecule has 3 rings (SSSR count). The molecule has 0 aliphatic heterocycles. The Balaban J connectivity index is 1.78. The molecule has 1 saturated carbocycles. The Morgan fingerprint density at radius 1 is 1.38 bits per heavy atom. The van der Waals surface area contributed by atoms with Crippen LogP contribution in [0, 0.1) is 5.82 Å². The predicted molar refractivity (Wildman–Crippen MR) is 78.9 cm³/mol. The molecule has 1 heterocycles. The molecular weight excluding hydrogens is 273 g/mol. The zero-order valence-corrected chi connectivity index (χ0v) is 12.1. The van der Waals surface area contributed by atoms with E-state index in [9.17, 15) is 4.39 Å². The molecule has 0 saturated heterocycles. The summed E-state index contributed by atoms with van der Waals surface area (Å²) in [4.78, 5) is 4.19. The quantitative estimate of drug-likeness (QED) is 0.920. The molecule has 2 aromatic rings. The number of rotatable bonds is 5. The summed E-state index contributed by atoms with van der Waals surface area (Å²) < 4.78 is 26.4. The Labute approximate surface area is 122 Å². The fourth-order valence-corrected chi connectivity index (χ4v) is 2.90. The largest absolute Gasteiger partial charge is 0.494 e. The van der Waals surface area contributed by atoms with Crippen molar-refractivity contribution in [1.82, 2.24) is 9.55 Å². The summed E-state index contributed by atoms with van der Waals surface area (Å²) in [6.45, 7) is 1.19. The highest BCUT2D eigenvalue weighted by atomic mass is 19.1. The van der Waals surface area contributed by atoms with Crippen molar-refractivity contribution >= 4 is 17.0 Å². The van der Waals surface area contributed by atoms with Crippen LogP contribution in [0.2, 0.25) is 0 Å². The molecule has 5 nitrogen and oxygen atoms in total. The molecule has 114 valence electrons. The van der Waals surface area contributed by atoms with Crippen molar-refractivity contribution < 1.29 is 13.9 Å². The molecule has 0 radical (unpaired) electrons. The molecule has 0 amide bonds. The Hall–Kier alpha value is -1.82. The Morgan fingerprint density at radius 2 is 2.14 bits per heavy atom. The minimum atomic E-state index is -0.433. The molecule has 1 fully saturated rings. The summed E-state index contributed by atoms with van der Waals surface area (Å²) in [6.07, 6.45) is 5.14. The molecule has 6 heteroatoms. The van der Waals surface area contributed by atoms with E-state index in [1.165, 1.54) is 26.0 Å². The maximum Gasteiger partial charge on any atom is 0.201 e. The van der Waals surface area contributed by atoms with Crippen molar-refractivity contribution in [1.29, 1.82) is 0 Å². The van der Waals surface area contributed by atoms with Gasteiger partial charge in [-0.05, 0) is 12.8 Å². The van der Waals surface area contributed by atoms with Gasteiger partial charge in [0.2, 0.25) is 5.95 Å². The van der Waals surface area contributed by atoms with Crippen LogP contribution in [-0.4, -0.2) is 29.4 Å². The van der Waals surface area contributed by atoms with Crippen LogP contribution in [0.15, 0.2) is 12.1 Å². The van der Waals surface area contributed by atoms with E-state index >= 15 is 0 Å². The molecule has 1 aromatic carbocycles. The van der Waals surface area contributed by atoms with Crippen LogP contribution >= 0.6 is 0 Å². The molecule has 0 unspecified atom stereocenters. The van der Waals surface area contributed by atoms with Crippen LogP contribution in [0.5, 0.6) is 5.75 Å². The summed E-state index contributed by atoms with van der Waals surface area (Å²) in [6, 6.07) is 2.97. The molecule has 0 spiro atoms. The van der Waals surface area contributed by atoms with Gasteiger partial charge in [0, 0.05) is 18.7 Å². The minimum absolute atomic E-state index is 0.195. The van der Waals surface area contributed by atoms with Crippen molar-refractivity contribution in [3.05, 3.63) is 17.9 Å². The van der Waals surface area contributed by atoms with E-state index in [2.05, 4.69) is 4.98 Å². The van der Waals surface area contributed by atoms with E-state index in [0.29, 0.717) is 30.7 Å². The Bertz CT molecular complexity index is 635. The molecule has 2 N–H and O–H groups in total. The third-order valence-electron chi connectivity index (χ3n) is 4.02. The minimum Gasteiger partial charge on any atom is -0.494 e.